The molecule has 7 heteroatoms. The van der Waals surface area contributed by atoms with Crippen LogP contribution in [0, 0.1) is 0 Å². The molecule has 1 N–H and O–H groups in total. The first kappa shape index (κ1) is 17.3. The Balaban J connectivity index is 1.86. The monoisotopic (exact) mass is 344 g/mol. The first-order chi connectivity index (χ1) is 12.2. The van der Waals surface area contributed by atoms with Gasteiger partial charge >= 0.3 is 0 Å². The summed E-state index contributed by atoms with van der Waals surface area (Å²) in [6.45, 7) is 6.17. The van der Waals surface area contributed by atoms with E-state index < -0.39 is 0 Å². The summed E-state index contributed by atoms with van der Waals surface area (Å²) in [5.41, 5.74) is 1.22. The first-order valence-corrected chi connectivity index (χ1v) is 8.85. The molecule has 1 aliphatic heterocycles. The zero-order valence-corrected chi connectivity index (χ0v) is 14.7. The highest BCUT2D eigenvalue weighted by Crippen LogP contribution is 2.22. The average molecular weight is 344 g/mol. The number of amides is 2. The number of nitrogens with one attached hydrogen (secondary N) is 1. The van der Waals surface area contributed by atoms with Gasteiger partial charge in [0.15, 0.2) is 5.82 Å². The van der Waals surface area contributed by atoms with Crippen molar-refractivity contribution in [1.29, 1.82) is 0 Å². The van der Waals surface area contributed by atoms with Gasteiger partial charge in [0.2, 0.25) is 0 Å². The first-order valence-electron chi connectivity index (χ1n) is 8.85. The Morgan fingerprint density at radius 1 is 1.32 bits per heavy atom. The number of carbonyl (C=O) groups excluding carboxylic acids is 2. The minimum absolute atomic E-state index is 0.113. The van der Waals surface area contributed by atoms with Crippen molar-refractivity contribution in [3.05, 3.63) is 41.4 Å². The molecule has 134 valence electrons. The highest BCUT2D eigenvalue weighted by molar-refractivity contribution is 5.97. The summed E-state index contributed by atoms with van der Waals surface area (Å²) in [6, 6.07) is 3.58. The summed E-state index contributed by atoms with van der Waals surface area (Å²) in [4.78, 5) is 31.5. The van der Waals surface area contributed by atoms with Gasteiger partial charge in [0.25, 0.3) is 11.8 Å². The summed E-state index contributed by atoms with van der Waals surface area (Å²) < 4.78 is 7.16. The molecule has 0 unspecified atom stereocenters. The van der Waals surface area contributed by atoms with Crippen molar-refractivity contribution in [1.82, 2.24) is 19.8 Å². The molecule has 3 rings (SSSR count). The molecule has 0 bridgehead atoms. The van der Waals surface area contributed by atoms with E-state index in [1.165, 1.54) is 0 Å². The molecule has 0 atom stereocenters. The third kappa shape index (κ3) is 3.45. The Morgan fingerprint density at radius 3 is 2.80 bits per heavy atom. The summed E-state index contributed by atoms with van der Waals surface area (Å²) in [5, 5.41) is 2.83. The van der Waals surface area contributed by atoms with Crippen LogP contribution in [-0.4, -0.2) is 39.4 Å². The molecule has 0 spiro atoms. The smallest absolute Gasteiger partial charge is 0.289 e. The van der Waals surface area contributed by atoms with Crippen LogP contribution >= 0.6 is 0 Å². The van der Waals surface area contributed by atoms with E-state index in [1.54, 1.807) is 23.3 Å². The highest BCUT2D eigenvalue weighted by Gasteiger charge is 2.29. The average Bonchev–Trinajstić information content (AvgIpc) is 3.28. The molecule has 2 aromatic rings. The van der Waals surface area contributed by atoms with Crippen molar-refractivity contribution in [2.24, 2.45) is 0 Å². The van der Waals surface area contributed by atoms with Crippen molar-refractivity contribution in [2.75, 3.05) is 13.1 Å². The Kier molecular flexibility index (Phi) is 5.21. The van der Waals surface area contributed by atoms with Gasteiger partial charge in [-0.3, -0.25) is 9.59 Å². The molecule has 7 nitrogen and oxygen atoms in total. The summed E-state index contributed by atoms with van der Waals surface area (Å²) >= 11 is 0. The zero-order chi connectivity index (χ0) is 17.8. The molecule has 25 heavy (non-hydrogen) atoms. The molecular formula is C18H24N4O3. The number of nitrogens with zero attached hydrogens (tertiary/aromatic N) is 3. The van der Waals surface area contributed by atoms with Gasteiger partial charge in [-0.2, -0.15) is 0 Å². The van der Waals surface area contributed by atoms with Crippen LogP contribution in [0.2, 0.25) is 0 Å². The van der Waals surface area contributed by atoms with Crippen molar-refractivity contribution < 1.29 is 14.0 Å². The van der Waals surface area contributed by atoms with Crippen molar-refractivity contribution in [2.45, 2.75) is 46.2 Å². The molecule has 0 saturated carbocycles. The van der Waals surface area contributed by atoms with Crippen molar-refractivity contribution in [3.63, 3.8) is 0 Å². The second-order valence-electron chi connectivity index (χ2n) is 6.08. The molecule has 1 aliphatic rings. The molecule has 0 radical (unpaired) electrons. The number of hydrogen-bond acceptors (Lipinski definition) is 4. The number of carbonyl (C=O) groups is 2. The normalized spacial score (nSPS) is 13.4. The predicted octanol–water partition coefficient (Wildman–Crippen LogP) is 2.22. The summed E-state index contributed by atoms with van der Waals surface area (Å²) in [5.74, 6) is 0.682. The number of rotatable bonds is 6. The van der Waals surface area contributed by atoms with Gasteiger partial charge in [-0.05, 0) is 45.2 Å². The lowest BCUT2D eigenvalue weighted by Crippen LogP contribution is -2.33. The maximum Gasteiger partial charge on any atom is 0.289 e. The van der Waals surface area contributed by atoms with E-state index in [1.807, 2.05) is 18.4 Å². The number of hydrogen-bond donors (Lipinski definition) is 1. The maximum atomic E-state index is 12.8. The van der Waals surface area contributed by atoms with Crippen LogP contribution in [0.15, 0.2) is 22.8 Å². The van der Waals surface area contributed by atoms with Crippen LogP contribution in [0.5, 0.6) is 0 Å². The third-order valence-electron chi connectivity index (χ3n) is 4.58. The van der Waals surface area contributed by atoms with Crippen LogP contribution < -0.4 is 5.32 Å². The lowest BCUT2D eigenvalue weighted by atomic mass is 10.1. The van der Waals surface area contributed by atoms with Crippen LogP contribution in [0.1, 0.15) is 59.3 Å². The standard InChI is InChI=1S/C18H24N4O3/c1-3-21(4-2)18(24)16-20-15(14-9-5-6-10-22(14)16)17(23)19-12-13-8-7-11-25-13/h7-8,11H,3-6,9-10,12H2,1-2H3,(H,19,23). The molecular weight excluding hydrogens is 320 g/mol. The van der Waals surface area contributed by atoms with Gasteiger partial charge in [0, 0.05) is 19.6 Å². The number of aromatic nitrogens is 2. The van der Waals surface area contributed by atoms with E-state index in [0.717, 1.165) is 31.5 Å². The van der Waals surface area contributed by atoms with Gasteiger partial charge in [0.1, 0.15) is 11.5 Å². The fourth-order valence-electron chi connectivity index (χ4n) is 3.20. The number of imidazole rings is 1. The van der Waals surface area contributed by atoms with E-state index in [4.69, 9.17) is 4.42 Å². The van der Waals surface area contributed by atoms with Crippen molar-refractivity contribution in [3.8, 4) is 0 Å². The molecule has 0 saturated heterocycles. The van der Waals surface area contributed by atoms with Crippen molar-refractivity contribution >= 4 is 11.8 Å². The quantitative estimate of drug-likeness (QED) is 0.871. The Morgan fingerprint density at radius 2 is 2.12 bits per heavy atom. The van der Waals surface area contributed by atoms with E-state index in [9.17, 15) is 9.59 Å². The SMILES string of the molecule is CCN(CC)C(=O)c1nc(C(=O)NCc2ccco2)c2n1CCCC2. The Hall–Kier alpha value is -2.57. The molecule has 2 aromatic heterocycles. The Labute approximate surface area is 147 Å². The summed E-state index contributed by atoms with van der Waals surface area (Å²) in [6.07, 6.45) is 4.33. The largest absolute Gasteiger partial charge is 0.467 e. The van der Waals surface area contributed by atoms with E-state index in [0.29, 0.717) is 36.9 Å². The Bertz CT molecular complexity index is 745. The van der Waals surface area contributed by atoms with Gasteiger partial charge in [-0.15, -0.1) is 0 Å². The topological polar surface area (TPSA) is 80.4 Å². The zero-order valence-electron chi connectivity index (χ0n) is 14.7. The number of furan rings is 1. The second kappa shape index (κ2) is 7.55. The molecule has 2 amide bonds. The van der Waals surface area contributed by atoms with Gasteiger partial charge in [0.05, 0.1) is 18.5 Å². The lowest BCUT2D eigenvalue weighted by molar-refractivity contribution is 0.0754. The third-order valence-corrected chi connectivity index (χ3v) is 4.58. The molecule has 3 heterocycles. The summed E-state index contributed by atoms with van der Waals surface area (Å²) in [7, 11) is 0. The van der Waals surface area contributed by atoms with Crippen LogP contribution in [0.4, 0.5) is 0 Å². The van der Waals surface area contributed by atoms with Crippen LogP contribution in [0.25, 0.3) is 0 Å². The fourth-order valence-corrected chi connectivity index (χ4v) is 3.20. The van der Waals surface area contributed by atoms with E-state index in [-0.39, 0.29) is 11.8 Å². The number of fused-ring (bicyclic) bond motifs is 1. The van der Waals surface area contributed by atoms with Gasteiger partial charge in [-0.1, -0.05) is 0 Å². The van der Waals surface area contributed by atoms with E-state index >= 15 is 0 Å². The van der Waals surface area contributed by atoms with Gasteiger partial charge < -0.3 is 19.2 Å². The minimum Gasteiger partial charge on any atom is -0.467 e. The maximum absolute atomic E-state index is 12.8. The molecule has 0 aromatic carbocycles. The van der Waals surface area contributed by atoms with Gasteiger partial charge in [-0.25, -0.2) is 4.98 Å². The lowest BCUT2D eigenvalue weighted by Gasteiger charge is -2.21. The second-order valence-corrected chi connectivity index (χ2v) is 6.08. The molecule has 0 fully saturated rings. The van der Waals surface area contributed by atoms with Crippen LogP contribution in [-0.2, 0) is 19.5 Å². The van der Waals surface area contributed by atoms with E-state index in [2.05, 4.69) is 10.3 Å². The van der Waals surface area contributed by atoms with Crippen LogP contribution in [0.3, 0.4) is 0 Å². The minimum atomic E-state index is -0.263. The highest BCUT2D eigenvalue weighted by atomic mass is 16.3. The fraction of sp³-hybridized carbons (Fsp3) is 0.500. The predicted molar refractivity (Wildman–Crippen MR) is 92.3 cm³/mol. The molecule has 0 aliphatic carbocycles.